The van der Waals surface area contributed by atoms with Crippen LogP contribution in [0.4, 0.5) is 43.9 Å². The Hall–Kier alpha value is -2.59. The van der Waals surface area contributed by atoms with Gasteiger partial charge in [0.05, 0.1) is 0 Å². The van der Waals surface area contributed by atoms with Gasteiger partial charge in [-0.1, -0.05) is 30.3 Å². The van der Waals surface area contributed by atoms with E-state index < -0.39 is 47.9 Å². The van der Waals surface area contributed by atoms with Crippen molar-refractivity contribution in [2.75, 3.05) is 0 Å². The molecule has 1 unspecified atom stereocenters. The number of hydrogen-bond acceptors (Lipinski definition) is 1. The predicted molar refractivity (Wildman–Crippen MR) is 102 cm³/mol. The van der Waals surface area contributed by atoms with Crippen molar-refractivity contribution in [2.24, 2.45) is 0 Å². The molecule has 0 N–H and O–H groups in total. The van der Waals surface area contributed by atoms with E-state index in [-0.39, 0.29) is 35.1 Å². The number of ketones is 1. The fraction of sp³-hybridized carbons (Fsp3) is 0.435. The summed E-state index contributed by atoms with van der Waals surface area (Å²) < 4.78 is 136. The fourth-order valence-corrected chi connectivity index (χ4v) is 4.09. The molecule has 11 heteroatoms. The number of hydrogen-bond donors (Lipinski definition) is 0. The zero-order chi connectivity index (χ0) is 25.5. The van der Waals surface area contributed by atoms with Crippen LogP contribution in [0, 0.1) is 5.82 Å². The Kier molecular flexibility index (Phi) is 6.80. The third-order valence-electron chi connectivity index (χ3n) is 5.89. The van der Waals surface area contributed by atoms with Crippen LogP contribution in [0.15, 0.2) is 42.5 Å². The first-order valence-electron chi connectivity index (χ1n) is 10.2. The zero-order valence-corrected chi connectivity index (χ0v) is 17.3. The molecule has 0 amide bonds. The molecule has 1 atom stereocenters. The highest BCUT2D eigenvalue weighted by Crippen LogP contribution is 2.56. The van der Waals surface area contributed by atoms with Gasteiger partial charge in [-0.3, -0.25) is 4.79 Å². The summed E-state index contributed by atoms with van der Waals surface area (Å²) in [6, 6.07) is 7.91. The topological polar surface area (TPSA) is 17.1 Å². The van der Waals surface area contributed by atoms with Gasteiger partial charge in [-0.25, -0.2) is 4.39 Å². The molecule has 1 aliphatic carbocycles. The molecule has 0 radical (unpaired) electrons. The molecule has 2 aromatic rings. The first kappa shape index (κ1) is 26.0. The Morgan fingerprint density at radius 1 is 0.765 bits per heavy atom. The maximum Gasteiger partial charge on any atom is 0.460 e. The lowest BCUT2D eigenvalue weighted by atomic mass is 9.78. The minimum atomic E-state index is -7.04. The summed E-state index contributed by atoms with van der Waals surface area (Å²) in [7, 11) is 0. The van der Waals surface area contributed by atoms with Crippen LogP contribution in [-0.2, 0) is 6.42 Å². The third kappa shape index (κ3) is 4.53. The number of carbonyl (C=O) groups is 1. The van der Waals surface area contributed by atoms with Gasteiger partial charge in [0.15, 0.2) is 5.78 Å². The number of rotatable bonds is 4. The highest BCUT2D eigenvalue weighted by Gasteiger charge is 2.81. The second-order valence-corrected chi connectivity index (χ2v) is 8.17. The Bertz CT molecular complexity index is 1060. The van der Waals surface area contributed by atoms with E-state index in [2.05, 4.69) is 0 Å². The van der Waals surface area contributed by atoms with Gasteiger partial charge in [0.1, 0.15) is 5.82 Å². The largest absolute Gasteiger partial charge is 0.460 e. The molecule has 34 heavy (non-hydrogen) atoms. The summed E-state index contributed by atoms with van der Waals surface area (Å²) in [5, 5.41) is 0. The van der Waals surface area contributed by atoms with Gasteiger partial charge in [0, 0.05) is 24.3 Å². The molecule has 3 rings (SSSR count). The highest BCUT2D eigenvalue weighted by molar-refractivity contribution is 5.97. The summed E-state index contributed by atoms with van der Waals surface area (Å²) in [5.41, 5.74) is -0.511. The van der Waals surface area contributed by atoms with E-state index in [4.69, 9.17) is 0 Å². The lowest BCUT2D eigenvalue weighted by molar-refractivity contribution is -0.397. The van der Waals surface area contributed by atoms with Crippen molar-refractivity contribution in [3.8, 4) is 0 Å². The molecule has 0 fully saturated rings. The molecule has 0 heterocycles. The first-order chi connectivity index (χ1) is 15.6. The quantitative estimate of drug-likeness (QED) is 0.393. The Balaban J connectivity index is 2.22. The van der Waals surface area contributed by atoms with Gasteiger partial charge in [-0.2, -0.15) is 39.5 Å². The van der Waals surface area contributed by atoms with Crippen molar-refractivity contribution in [3.05, 3.63) is 70.5 Å². The molecule has 0 aromatic heterocycles. The fourth-order valence-electron chi connectivity index (χ4n) is 4.09. The van der Waals surface area contributed by atoms with Gasteiger partial charge in [0.2, 0.25) is 0 Å². The van der Waals surface area contributed by atoms with Gasteiger partial charge in [0.25, 0.3) is 0 Å². The second-order valence-electron chi connectivity index (χ2n) is 8.17. The van der Waals surface area contributed by atoms with Crippen LogP contribution in [-0.4, -0.2) is 29.7 Å². The number of alkyl halides is 9. The van der Waals surface area contributed by atoms with E-state index in [1.807, 2.05) is 0 Å². The van der Waals surface area contributed by atoms with Gasteiger partial charge in [-0.15, -0.1) is 0 Å². The van der Waals surface area contributed by atoms with Crippen molar-refractivity contribution in [1.82, 2.24) is 0 Å². The molecular weight excluding hydrogens is 482 g/mol. The van der Waals surface area contributed by atoms with Crippen molar-refractivity contribution in [2.45, 2.75) is 62.0 Å². The monoisotopic (exact) mass is 500 g/mol. The van der Waals surface area contributed by atoms with Crippen LogP contribution in [0.2, 0.25) is 0 Å². The smallest absolute Gasteiger partial charge is 0.294 e. The summed E-state index contributed by atoms with van der Waals surface area (Å²) in [4.78, 5) is 12.6. The van der Waals surface area contributed by atoms with E-state index in [1.165, 1.54) is 24.3 Å². The van der Waals surface area contributed by atoms with E-state index in [0.717, 1.165) is 18.2 Å². The minimum absolute atomic E-state index is 0.0288. The van der Waals surface area contributed by atoms with Gasteiger partial charge >= 0.3 is 23.9 Å². The van der Waals surface area contributed by atoms with E-state index in [0.29, 0.717) is 12.8 Å². The van der Waals surface area contributed by atoms with Crippen LogP contribution in [0.5, 0.6) is 0 Å². The second kappa shape index (κ2) is 8.88. The number of halogens is 10. The van der Waals surface area contributed by atoms with Crippen LogP contribution >= 0.6 is 0 Å². The summed E-state index contributed by atoms with van der Waals surface area (Å²) in [5.74, 6) is -23.2. The van der Waals surface area contributed by atoms with Crippen LogP contribution in [0.1, 0.15) is 58.6 Å². The van der Waals surface area contributed by atoms with Crippen LogP contribution in [0.3, 0.4) is 0 Å². The number of benzene rings is 2. The van der Waals surface area contributed by atoms with Gasteiger partial charge < -0.3 is 0 Å². The Morgan fingerprint density at radius 2 is 1.38 bits per heavy atom. The predicted octanol–water partition coefficient (Wildman–Crippen LogP) is 7.73. The maximum absolute atomic E-state index is 14.7. The minimum Gasteiger partial charge on any atom is -0.294 e. The van der Waals surface area contributed by atoms with Crippen molar-refractivity contribution >= 4 is 5.78 Å². The van der Waals surface area contributed by atoms with E-state index >= 15 is 0 Å². The van der Waals surface area contributed by atoms with Crippen molar-refractivity contribution in [3.63, 3.8) is 0 Å². The zero-order valence-electron chi connectivity index (χ0n) is 17.3. The number of aryl methyl sites for hydroxylation is 1. The summed E-state index contributed by atoms with van der Waals surface area (Å²) in [6.07, 6.45) is -8.35. The lowest BCUT2D eigenvalue weighted by Crippen LogP contribution is -2.61. The molecule has 0 aliphatic heterocycles. The molecule has 186 valence electrons. The number of carbonyl (C=O) groups excluding carboxylic acids is 1. The Morgan fingerprint density at radius 3 is 2.03 bits per heavy atom. The number of Topliss-reactive ketones (excluding diaryl/α,β-unsaturated/α-hetero) is 1. The molecule has 0 spiro atoms. The van der Waals surface area contributed by atoms with Crippen molar-refractivity contribution < 1.29 is 48.7 Å². The lowest BCUT2D eigenvalue weighted by Gasteiger charge is -2.36. The SMILES string of the molecule is O=C1CCCCc2ccc(F)cc2C(CC(F)(F)C(F)(F)C(F)(F)C(F)(F)F)c2ccccc21. The molecule has 1 aliphatic rings. The average molecular weight is 500 g/mol. The average Bonchev–Trinajstić information content (AvgIpc) is 2.74. The highest BCUT2D eigenvalue weighted by atomic mass is 19.4. The third-order valence-corrected chi connectivity index (χ3v) is 5.89. The summed E-state index contributed by atoms with van der Waals surface area (Å²) in [6.45, 7) is 0. The van der Waals surface area contributed by atoms with E-state index in [9.17, 15) is 48.7 Å². The first-order valence-corrected chi connectivity index (χ1v) is 10.2. The van der Waals surface area contributed by atoms with Crippen molar-refractivity contribution in [1.29, 1.82) is 0 Å². The number of fused-ring (bicyclic) bond motifs is 2. The normalized spacial score (nSPS) is 18.3. The summed E-state index contributed by atoms with van der Waals surface area (Å²) >= 11 is 0. The standard InChI is InChI=1S/C23H18F10O/c24-14-10-9-13-5-1-4-8-19(34)16-7-3-2-6-15(16)18(17(13)11-14)12-20(25,26)21(27,28)22(29,30)23(31,32)33/h2-3,6-7,9-11,18H,1,4-5,8,12H2. The molecular formula is C23H18F10O. The van der Waals surface area contributed by atoms with Gasteiger partial charge in [-0.05, 0) is 48.1 Å². The maximum atomic E-state index is 14.7. The molecule has 2 aromatic carbocycles. The van der Waals surface area contributed by atoms with E-state index in [1.54, 1.807) is 0 Å². The van der Waals surface area contributed by atoms with Crippen LogP contribution in [0.25, 0.3) is 0 Å². The Labute approximate surface area is 187 Å². The van der Waals surface area contributed by atoms with Crippen LogP contribution < -0.4 is 0 Å². The molecule has 0 bridgehead atoms. The molecule has 0 saturated heterocycles. The molecule has 1 nitrogen and oxygen atoms in total. The molecule has 0 saturated carbocycles.